The molecule has 4 heteroatoms. The van der Waals surface area contributed by atoms with Crippen LogP contribution in [0.15, 0.2) is 30.5 Å². The van der Waals surface area contributed by atoms with E-state index in [1.807, 2.05) is 30.5 Å². The van der Waals surface area contributed by atoms with Crippen LogP contribution in [0, 0.1) is 0 Å². The number of nitrogens with two attached hydrogens (primary N) is 1. The maximum Gasteiger partial charge on any atom is 0.0743 e. The van der Waals surface area contributed by atoms with Crippen molar-refractivity contribution in [1.82, 2.24) is 9.88 Å². The number of aromatic nitrogens is 1. The second-order valence-corrected chi connectivity index (χ2v) is 6.04. The van der Waals surface area contributed by atoms with E-state index in [1.54, 1.807) is 0 Å². The Kier molecular flexibility index (Phi) is 4.25. The molecule has 0 amide bonds. The Morgan fingerprint density at radius 2 is 2.05 bits per heavy atom. The average Bonchev–Trinajstić information content (AvgIpc) is 2.48. The number of hydrogen-bond acceptors (Lipinski definition) is 4. The molecule has 1 aliphatic heterocycles. The molecular weight excluding hydrogens is 260 g/mol. The molecule has 21 heavy (non-hydrogen) atoms. The quantitative estimate of drug-likeness (QED) is 0.847. The van der Waals surface area contributed by atoms with E-state index in [-0.39, 0.29) is 0 Å². The summed E-state index contributed by atoms with van der Waals surface area (Å²) in [7, 11) is 0. The minimum absolute atomic E-state index is 0.422. The van der Waals surface area contributed by atoms with Gasteiger partial charge in [-0.25, -0.2) is 0 Å². The van der Waals surface area contributed by atoms with Crippen LogP contribution in [0.25, 0.3) is 10.9 Å². The van der Waals surface area contributed by atoms with E-state index < -0.39 is 0 Å². The highest BCUT2D eigenvalue weighted by molar-refractivity contribution is 5.92. The normalized spacial score (nSPS) is 17.8. The highest BCUT2D eigenvalue weighted by Crippen LogP contribution is 2.24. The summed E-state index contributed by atoms with van der Waals surface area (Å²) in [5.41, 5.74) is 8.68. The van der Waals surface area contributed by atoms with Crippen molar-refractivity contribution in [3.8, 4) is 0 Å². The molecule has 1 fully saturated rings. The van der Waals surface area contributed by atoms with Crippen LogP contribution < -0.4 is 11.1 Å². The van der Waals surface area contributed by atoms with E-state index in [9.17, 15) is 0 Å². The Morgan fingerprint density at radius 3 is 2.86 bits per heavy atom. The highest BCUT2D eigenvalue weighted by Gasteiger charge is 2.14. The lowest BCUT2D eigenvalue weighted by Crippen LogP contribution is -2.38. The second kappa shape index (κ2) is 6.31. The van der Waals surface area contributed by atoms with Gasteiger partial charge in [0.25, 0.3) is 0 Å². The summed E-state index contributed by atoms with van der Waals surface area (Å²) in [5, 5.41) is 4.77. The number of piperidine rings is 1. The first-order valence-electron chi connectivity index (χ1n) is 7.85. The van der Waals surface area contributed by atoms with Crippen LogP contribution in [0.5, 0.6) is 0 Å². The number of likely N-dealkylation sites (tertiary alicyclic amines) is 1. The Hall–Kier alpha value is -1.81. The fourth-order valence-electron chi connectivity index (χ4n) is 3.13. The van der Waals surface area contributed by atoms with E-state index in [2.05, 4.69) is 22.1 Å². The number of nitrogens with zero attached hydrogens (tertiary/aromatic N) is 2. The zero-order chi connectivity index (χ0) is 14.7. The molecule has 0 aliphatic carbocycles. The monoisotopic (exact) mass is 284 g/mol. The van der Waals surface area contributed by atoms with Gasteiger partial charge in [0.15, 0.2) is 0 Å². The van der Waals surface area contributed by atoms with E-state index in [4.69, 9.17) is 5.73 Å². The lowest BCUT2D eigenvalue weighted by atomic mass is 10.1. The first kappa shape index (κ1) is 14.1. The highest BCUT2D eigenvalue weighted by atomic mass is 15.1. The fraction of sp³-hybridized carbons (Fsp3) is 0.471. The van der Waals surface area contributed by atoms with E-state index >= 15 is 0 Å². The van der Waals surface area contributed by atoms with Crippen molar-refractivity contribution in [2.24, 2.45) is 0 Å². The molecule has 0 bridgehead atoms. The van der Waals surface area contributed by atoms with Crippen LogP contribution in [0.3, 0.4) is 0 Å². The van der Waals surface area contributed by atoms with Crippen molar-refractivity contribution in [3.63, 3.8) is 0 Å². The molecule has 0 radical (unpaired) electrons. The van der Waals surface area contributed by atoms with Crippen LogP contribution in [-0.2, 0) is 0 Å². The number of benzene rings is 1. The molecule has 112 valence electrons. The van der Waals surface area contributed by atoms with E-state index in [0.29, 0.717) is 6.04 Å². The van der Waals surface area contributed by atoms with E-state index in [0.717, 1.165) is 28.8 Å². The molecule has 1 aromatic carbocycles. The summed E-state index contributed by atoms with van der Waals surface area (Å²) in [6, 6.07) is 8.38. The number of rotatable bonds is 4. The molecule has 1 aromatic heterocycles. The zero-order valence-corrected chi connectivity index (χ0v) is 12.7. The number of anilines is 2. The van der Waals surface area contributed by atoms with Gasteiger partial charge < -0.3 is 16.0 Å². The molecular formula is C17H24N4. The van der Waals surface area contributed by atoms with Gasteiger partial charge >= 0.3 is 0 Å². The molecule has 0 saturated carbocycles. The van der Waals surface area contributed by atoms with Crippen molar-refractivity contribution in [3.05, 3.63) is 30.5 Å². The maximum absolute atomic E-state index is 5.83. The standard InChI is InChI=1S/C17H24N4/c1-13(12-21-9-3-2-4-10-21)20-16-7-8-19-17-11-14(18)5-6-15(16)17/h5-8,11,13H,2-4,9-10,12,18H2,1H3,(H,19,20). The lowest BCUT2D eigenvalue weighted by molar-refractivity contribution is 0.223. The molecule has 1 unspecified atom stereocenters. The predicted octanol–water partition coefficient (Wildman–Crippen LogP) is 3.10. The van der Waals surface area contributed by atoms with E-state index in [1.165, 1.54) is 32.4 Å². The third-order valence-electron chi connectivity index (χ3n) is 4.15. The van der Waals surface area contributed by atoms with Gasteiger partial charge in [0.05, 0.1) is 5.52 Å². The number of fused-ring (bicyclic) bond motifs is 1. The topological polar surface area (TPSA) is 54.2 Å². The Morgan fingerprint density at radius 1 is 1.24 bits per heavy atom. The molecule has 1 saturated heterocycles. The summed E-state index contributed by atoms with van der Waals surface area (Å²) >= 11 is 0. The molecule has 3 N–H and O–H groups in total. The second-order valence-electron chi connectivity index (χ2n) is 6.04. The molecule has 1 aliphatic rings. The van der Waals surface area contributed by atoms with Crippen molar-refractivity contribution >= 4 is 22.3 Å². The largest absolute Gasteiger partial charge is 0.399 e. The molecule has 0 spiro atoms. The molecule has 3 rings (SSSR count). The number of nitrogen functional groups attached to an aromatic ring is 1. The lowest BCUT2D eigenvalue weighted by Gasteiger charge is -2.29. The molecule has 2 aromatic rings. The molecule has 4 nitrogen and oxygen atoms in total. The number of pyridine rings is 1. The summed E-state index contributed by atoms with van der Waals surface area (Å²) in [4.78, 5) is 6.95. The predicted molar refractivity (Wildman–Crippen MR) is 89.5 cm³/mol. The first-order chi connectivity index (χ1) is 10.2. The van der Waals surface area contributed by atoms with Gasteiger partial charge in [-0.1, -0.05) is 6.42 Å². The minimum Gasteiger partial charge on any atom is -0.399 e. The van der Waals surface area contributed by atoms with Crippen molar-refractivity contribution in [1.29, 1.82) is 0 Å². The SMILES string of the molecule is CC(CN1CCCCC1)Nc1ccnc2cc(N)ccc12. The number of nitrogens with one attached hydrogen (secondary N) is 1. The van der Waals surface area contributed by atoms with Crippen LogP contribution in [-0.4, -0.2) is 35.6 Å². The fourth-order valence-corrected chi connectivity index (χ4v) is 3.13. The molecule has 1 atom stereocenters. The summed E-state index contributed by atoms with van der Waals surface area (Å²) < 4.78 is 0. The van der Waals surface area contributed by atoms with Gasteiger partial charge in [0, 0.05) is 35.5 Å². The van der Waals surface area contributed by atoms with Gasteiger partial charge in [-0.2, -0.15) is 0 Å². The van der Waals surface area contributed by atoms with Crippen LogP contribution >= 0.6 is 0 Å². The van der Waals surface area contributed by atoms with Crippen LogP contribution in [0.2, 0.25) is 0 Å². The maximum atomic E-state index is 5.83. The van der Waals surface area contributed by atoms with Crippen molar-refractivity contribution in [2.75, 3.05) is 30.7 Å². The van der Waals surface area contributed by atoms with Crippen LogP contribution in [0.4, 0.5) is 11.4 Å². The van der Waals surface area contributed by atoms with Crippen LogP contribution in [0.1, 0.15) is 26.2 Å². The van der Waals surface area contributed by atoms with Gasteiger partial charge in [0.1, 0.15) is 0 Å². The average molecular weight is 284 g/mol. The Balaban J connectivity index is 1.71. The minimum atomic E-state index is 0.422. The Bertz CT molecular complexity index is 605. The third-order valence-corrected chi connectivity index (χ3v) is 4.15. The summed E-state index contributed by atoms with van der Waals surface area (Å²) in [5.74, 6) is 0. The first-order valence-corrected chi connectivity index (χ1v) is 7.85. The summed E-state index contributed by atoms with van der Waals surface area (Å²) in [6.45, 7) is 5.82. The third kappa shape index (κ3) is 3.45. The van der Waals surface area contributed by atoms with Gasteiger partial charge in [0.2, 0.25) is 0 Å². The van der Waals surface area contributed by atoms with Gasteiger partial charge in [-0.05, 0) is 57.1 Å². The Labute approximate surface area is 126 Å². The van der Waals surface area contributed by atoms with Gasteiger partial charge in [-0.3, -0.25) is 4.98 Å². The summed E-state index contributed by atoms with van der Waals surface area (Å²) in [6.07, 6.45) is 5.90. The van der Waals surface area contributed by atoms with Crippen molar-refractivity contribution in [2.45, 2.75) is 32.2 Å². The molecule has 2 heterocycles. The zero-order valence-electron chi connectivity index (χ0n) is 12.7. The number of hydrogen-bond donors (Lipinski definition) is 2. The van der Waals surface area contributed by atoms with Gasteiger partial charge in [-0.15, -0.1) is 0 Å². The smallest absolute Gasteiger partial charge is 0.0743 e. The van der Waals surface area contributed by atoms with Crippen molar-refractivity contribution < 1.29 is 0 Å².